The molecule has 0 radical (unpaired) electrons. The topological polar surface area (TPSA) is 38.0 Å². The molecule has 4 heteroatoms. The van der Waals surface area contributed by atoms with Crippen molar-refractivity contribution in [3.05, 3.63) is 35.4 Å². The molecule has 0 aliphatic carbocycles. The summed E-state index contributed by atoms with van der Waals surface area (Å²) in [6.07, 6.45) is 0.918. The van der Waals surface area contributed by atoms with Gasteiger partial charge in [-0.25, -0.2) is 8.78 Å². The van der Waals surface area contributed by atoms with E-state index in [2.05, 4.69) is 17.3 Å². The van der Waals surface area contributed by atoms with Crippen LogP contribution in [0.4, 0.5) is 8.78 Å². The van der Waals surface area contributed by atoms with Crippen molar-refractivity contribution in [1.29, 1.82) is 0 Å². The number of benzene rings is 1. The van der Waals surface area contributed by atoms with Crippen LogP contribution in [0.2, 0.25) is 0 Å². The Labute approximate surface area is 93.8 Å². The van der Waals surface area contributed by atoms with E-state index in [9.17, 15) is 8.78 Å². The van der Waals surface area contributed by atoms with E-state index < -0.39 is 11.6 Å². The first-order chi connectivity index (χ1) is 7.67. The quantitative estimate of drug-likeness (QED) is 0.464. The highest BCUT2D eigenvalue weighted by molar-refractivity contribution is 5.20. The maximum atomic E-state index is 13.3. The minimum atomic E-state index is -0.577. The van der Waals surface area contributed by atoms with E-state index in [1.807, 2.05) is 0 Å². The van der Waals surface area contributed by atoms with Crippen molar-refractivity contribution >= 4 is 0 Å². The zero-order valence-corrected chi connectivity index (χ0v) is 9.06. The first-order valence-corrected chi connectivity index (χ1v) is 4.97. The molecule has 0 fully saturated rings. The molecule has 0 spiro atoms. The second-order valence-electron chi connectivity index (χ2n) is 3.43. The third-order valence-corrected chi connectivity index (χ3v) is 2.24. The van der Waals surface area contributed by atoms with Gasteiger partial charge in [-0.3, -0.25) is 11.3 Å². The van der Waals surface area contributed by atoms with Crippen molar-refractivity contribution < 1.29 is 8.78 Å². The fraction of sp³-hybridized carbons (Fsp3) is 0.333. The lowest BCUT2D eigenvalue weighted by Gasteiger charge is -2.13. The van der Waals surface area contributed by atoms with E-state index in [0.29, 0.717) is 18.4 Å². The van der Waals surface area contributed by atoms with Crippen LogP contribution in [0.3, 0.4) is 0 Å². The van der Waals surface area contributed by atoms with Gasteiger partial charge < -0.3 is 0 Å². The Bertz CT molecular complexity index is 407. The van der Waals surface area contributed by atoms with Crippen molar-refractivity contribution in [3.63, 3.8) is 0 Å². The van der Waals surface area contributed by atoms with Crippen LogP contribution in [0, 0.1) is 23.5 Å². The third-order valence-electron chi connectivity index (χ3n) is 2.24. The van der Waals surface area contributed by atoms with Crippen LogP contribution >= 0.6 is 0 Å². The molecule has 0 aliphatic rings. The number of rotatable bonds is 4. The predicted octanol–water partition coefficient (Wildman–Crippen LogP) is 1.75. The van der Waals surface area contributed by atoms with Crippen molar-refractivity contribution in [2.24, 2.45) is 5.84 Å². The Morgan fingerprint density at radius 1 is 1.44 bits per heavy atom. The van der Waals surface area contributed by atoms with Crippen LogP contribution in [0.15, 0.2) is 18.2 Å². The minimum Gasteiger partial charge on any atom is -0.271 e. The first-order valence-electron chi connectivity index (χ1n) is 4.97. The molecular formula is C12H14F2N2. The van der Waals surface area contributed by atoms with Gasteiger partial charge in [-0.2, -0.15) is 0 Å². The molecular weight excluding hydrogens is 210 g/mol. The van der Waals surface area contributed by atoms with Gasteiger partial charge in [0.05, 0.1) is 0 Å². The Morgan fingerprint density at radius 2 is 2.19 bits per heavy atom. The molecule has 0 bridgehead atoms. The van der Waals surface area contributed by atoms with Gasteiger partial charge in [0, 0.05) is 18.5 Å². The molecule has 0 aliphatic heterocycles. The summed E-state index contributed by atoms with van der Waals surface area (Å²) in [5, 5.41) is 0. The van der Waals surface area contributed by atoms with Crippen molar-refractivity contribution in [2.75, 3.05) is 0 Å². The molecule has 1 rings (SSSR count). The van der Waals surface area contributed by atoms with Crippen LogP contribution in [-0.2, 0) is 6.42 Å². The number of nitrogens with two attached hydrogens (primary N) is 1. The van der Waals surface area contributed by atoms with E-state index in [0.717, 1.165) is 6.07 Å². The lowest BCUT2D eigenvalue weighted by atomic mass is 10.0. The Hall–Kier alpha value is -1.44. The minimum absolute atomic E-state index is 0.132. The zero-order valence-electron chi connectivity index (χ0n) is 9.06. The zero-order chi connectivity index (χ0) is 12.0. The molecule has 1 aromatic rings. The summed E-state index contributed by atoms with van der Waals surface area (Å²) >= 11 is 0. The summed E-state index contributed by atoms with van der Waals surface area (Å²) in [6, 6.07) is 3.40. The largest absolute Gasteiger partial charge is 0.271 e. The standard InChI is InChI=1S/C12H14F2N2/c1-2-3-4-11(16-15)7-9-5-6-10(13)8-12(9)14/h5-6,8,11,16H,4,7,15H2,1H3. The molecule has 0 heterocycles. The van der Waals surface area contributed by atoms with E-state index in [4.69, 9.17) is 5.84 Å². The lowest BCUT2D eigenvalue weighted by molar-refractivity contribution is 0.512. The van der Waals surface area contributed by atoms with Crippen LogP contribution < -0.4 is 11.3 Å². The van der Waals surface area contributed by atoms with Gasteiger partial charge in [0.1, 0.15) is 11.6 Å². The van der Waals surface area contributed by atoms with Gasteiger partial charge in [0.25, 0.3) is 0 Å². The molecule has 0 amide bonds. The number of nitrogens with one attached hydrogen (secondary N) is 1. The van der Waals surface area contributed by atoms with E-state index in [1.54, 1.807) is 6.92 Å². The van der Waals surface area contributed by atoms with Crippen LogP contribution in [0.1, 0.15) is 18.9 Å². The molecule has 0 aromatic heterocycles. The van der Waals surface area contributed by atoms with Gasteiger partial charge in [-0.1, -0.05) is 6.07 Å². The van der Waals surface area contributed by atoms with Crippen molar-refractivity contribution in [3.8, 4) is 11.8 Å². The number of hydrogen-bond acceptors (Lipinski definition) is 2. The van der Waals surface area contributed by atoms with Gasteiger partial charge in [0.15, 0.2) is 0 Å². The average molecular weight is 224 g/mol. The SMILES string of the molecule is CC#CCC(Cc1ccc(F)cc1F)NN. The Kier molecular flexibility index (Phi) is 4.90. The average Bonchev–Trinajstić information content (AvgIpc) is 2.27. The second-order valence-corrected chi connectivity index (χ2v) is 3.43. The first kappa shape index (κ1) is 12.6. The molecule has 1 aromatic carbocycles. The van der Waals surface area contributed by atoms with Gasteiger partial charge in [-0.05, 0) is 25.0 Å². The summed E-state index contributed by atoms with van der Waals surface area (Å²) in [5.74, 6) is 9.80. The molecule has 86 valence electrons. The van der Waals surface area contributed by atoms with E-state index in [-0.39, 0.29) is 6.04 Å². The van der Waals surface area contributed by atoms with Crippen molar-refractivity contribution in [1.82, 2.24) is 5.43 Å². The molecule has 1 unspecified atom stereocenters. The molecule has 0 saturated carbocycles. The summed E-state index contributed by atoms with van der Waals surface area (Å²) in [6.45, 7) is 1.73. The smallest absolute Gasteiger partial charge is 0.129 e. The van der Waals surface area contributed by atoms with E-state index in [1.165, 1.54) is 12.1 Å². The lowest BCUT2D eigenvalue weighted by Crippen LogP contribution is -2.36. The van der Waals surface area contributed by atoms with E-state index >= 15 is 0 Å². The summed E-state index contributed by atoms with van der Waals surface area (Å²) in [7, 11) is 0. The summed E-state index contributed by atoms with van der Waals surface area (Å²) < 4.78 is 26.0. The highest BCUT2D eigenvalue weighted by Crippen LogP contribution is 2.12. The van der Waals surface area contributed by atoms with Crippen LogP contribution in [0.25, 0.3) is 0 Å². The number of halogens is 2. The summed E-state index contributed by atoms with van der Waals surface area (Å²) in [5.41, 5.74) is 3.00. The predicted molar refractivity (Wildman–Crippen MR) is 59.2 cm³/mol. The highest BCUT2D eigenvalue weighted by atomic mass is 19.1. The Balaban J connectivity index is 2.72. The van der Waals surface area contributed by atoms with Crippen LogP contribution in [-0.4, -0.2) is 6.04 Å². The molecule has 1 atom stereocenters. The number of hydrazine groups is 1. The van der Waals surface area contributed by atoms with Gasteiger partial charge in [-0.15, -0.1) is 11.8 Å². The third kappa shape index (κ3) is 3.61. The number of hydrogen-bond donors (Lipinski definition) is 2. The van der Waals surface area contributed by atoms with Crippen molar-refractivity contribution in [2.45, 2.75) is 25.8 Å². The second kappa shape index (κ2) is 6.21. The fourth-order valence-electron chi connectivity index (χ4n) is 1.37. The highest BCUT2D eigenvalue weighted by Gasteiger charge is 2.10. The molecule has 0 saturated heterocycles. The summed E-state index contributed by atoms with van der Waals surface area (Å²) in [4.78, 5) is 0. The molecule has 2 nitrogen and oxygen atoms in total. The Morgan fingerprint density at radius 3 is 2.75 bits per heavy atom. The maximum Gasteiger partial charge on any atom is 0.129 e. The van der Waals surface area contributed by atoms with Crippen LogP contribution in [0.5, 0.6) is 0 Å². The molecule has 3 N–H and O–H groups in total. The van der Waals surface area contributed by atoms with Gasteiger partial charge >= 0.3 is 0 Å². The maximum absolute atomic E-state index is 13.3. The fourth-order valence-corrected chi connectivity index (χ4v) is 1.37. The van der Waals surface area contributed by atoms with Gasteiger partial charge in [0.2, 0.25) is 0 Å². The normalized spacial score (nSPS) is 11.8. The molecule has 16 heavy (non-hydrogen) atoms. The monoisotopic (exact) mass is 224 g/mol.